The summed E-state index contributed by atoms with van der Waals surface area (Å²) in [6.07, 6.45) is -4.38. The van der Waals surface area contributed by atoms with Gasteiger partial charge in [-0.15, -0.1) is 0 Å². The summed E-state index contributed by atoms with van der Waals surface area (Å²) in [5.41, 5.74) is 0.567. The lowest BCUT2D eigenvalue weighted by Gasteiger charge is -2.34. The van der Waals surface area contributed by atoms with Gasteiger partial charge in [-0.25, -0.2) is 4.79 Å². The number of nitrogens with zero attached hydrogens (tertiary/aromatic N) is 1. The SMILES string of the molecule is CC(=O)N1Cc2ccccc2CC1C(=O)OCC(=O)Nc1cc(C(F)(F)F)ccc1Cl. The second kappa shape index (κ2) is 8.97. The zero-order valence-electron chi connectivity index (χ0n) is 16.3. The number of benzene rings is 2. The first kappa shape index (κ1) is 22.6. The normalized spacial score (nSPS) is 15.8. The highest BCUT2D eigenvalue weighted by Crippen LogP contribution is 2.33. The molecule has 0 spiro atoms. The molecule has 1 N–H and O–H groups in total. The Balaban J connectivity index is 1.65. The van der Waals surface area contributed by atoms with Crippen LogP contribution in [-0.4, -0.2) is 35.3 Å². The highest BCUT2D eigenvalue weighted by molar-refractivity contribution is 6.33. The molecule has 0 fully saturated rings. The van der Waals surface area contributed by atoms with E-state index in [-0.39, 0.29) is 29.6 Å². The van der Waals surface area contributed by atoms with E-state index in [4.69, 9.17) is 16.3 Å². The first-order valence-corrected chi connectivity index (χ1v) is 9.61. The van der Waals surface area contributed by atoms with Crippen LogP contribution in [0.1, 0.15) is 23.6 Å². The lowest BCUT2D eigenvalue weighted by Crippen LogP contribution is -2.48. The predicted molar refractivity (Wildman–Crippen MR) is 106 cm³/mol. The van der Waals surface area contributed by atoms with Gasteiger partial charge in [0.1, 0.15) is 6.04 Å². The molecular weight excluding hydrogens is 437 g/mol. The van der Waals surface area contributed by atoms with Crippen molar-refractivity contribution >= 4 is 35.1 Å². The van der Waals surface area contributed by atoms with Gasteiger partial charge in [-0.05, 0) is 29.3 Å². The number of nitrogens with one attached hydrogen (secondary N) is 1. The molecular formula is C21H18ClF3N2O4. The minimum absolute atomic E-state index is 0.0979. The quantitative estimate of drug-likeness (QED) is 0.713. The van der Waals surface area contributed by atoms with Crippen molar-refractivity contribution in [2.75, 3.05) is 11.9 Å². The third kappa shape index (κ3) is 5.35. The number of fused-ring (bicyclic) bond motifs is 1. The van der Waals surface area contributed by atoms with Crippen molar-refractivity contribution < 1.29 is 32.3 Å². The van der Waals surface area contributed by atoms with Crippen LogP contribution in [0.15, 0.2) is 42.5 Å². The van der Waals surface area contributed by atoms with E-state index in [1.54, 1.807) is 0 Å². The predicted octanol–water partition coefficient (Wildman–Crippen LogP) is 3.81. The number of rotatable bonds is 4. The van der Waals surface area contributed by atoms with Gasteiger partial charge in [-0.3, -0.25) is 9.59 Å². The first-order valence-electron chi connectivity index (χ1n) is 9.23. The number of ether oxygens (including phenoxy) is 1. The molecule has 3 rings (SSSR count). The van der Waals surface area contributed by atoms with E-state index in [2.05, 4.69) is 5.32 Å². The molecule has 2 aromatic rings. The minimum Gasteiger partial charge on any atom is -0.454 e. The van der Waals surface area contributed by atoms with Crippen molar-refractivity contribution in [2.45, 2.75) is 32.1 Å². The summed E-state index contributed by atoms with van der Waals surface area (Å²) >= 11 is 5.84. The van der Waals surface area contributed by atoms with Gasteiger partial charge < -0.3 is 15.0 Å². The largest absolute Gasteiger partial charge is 0.454 e. The van der Waals surface area contributed by atoms with Gasteiger partial charge in [0.25, 0.3) is 5.91 Å². The van der Waals surface area contributed by atoms with E-state index in [1.165, 1.54) is 11.8 Å². The highest BCUT2D eigenvalue weighted by atomic mass is 35.5. The summed E-state index contributed by atoms with van der Waals surface area (Å²) in [6.45, 7) is 0.823. The Bertz CT molecular complexity index is 1030. The molecule has 1 unspecified atom stereocenters. The molecule has 1 atom stereocenters. The summed E-state index contributed by atoms with van der Waals surface area (Å²) in [5.74, 6) is -1.97. The Morgan fingerprint density at radius 3 is 2.48 bits per heavy atom. The van der Waals surface area contributed by atoms with Gasteiger partial charge in [-0.2, -0.15) is 13.2 Å². The van der Waals surface area contributed by atoms with Gasteiger partial charge in [-0.1, -0.05) is 35.9 Å². The molecule has 1 aliphatic heterocycles. The van der Waals surface area contributed by atoms with E-state index >= 15 is 0 Å². The van der Waals surface area contributed by atoms with Crippen LogP contribution in [0.3, 0.4) is 0 Å². The summed E-state index contributed by atoms with van der Waals surface area (Å²) < 4.78 is 43.6. The van der Waals surface area contributed by atoms with E-state index in [0.29, 0.717) is 6.07 Å². The van der Waals surface area contributed by atoms with Crippen LogP contribution in [0.2, 0.25) is 5.02 Å². The topological polar surface area (TPSA) is 75.7 Å². The third-order valence-corrected chi connectivity index (χ3v) is 5.17. The van der Waals surface area contributed by atoms with Crippen LogP contribution in [0, 0.1) is 0 Å². The minimum atomic E-state index is -4.61. The molecule has 2 amide bonds. The molecule has 1 heterocycles. The molecule has 164 valence electrons. The van der Waals surface area contributed by atoms with Crippen LogP contribution >= 0.6 is 11.6 Å². The molecule has 10 heteroatoms. The van der Waals surface area contributed by atoms with Gasteiger partial charge in [0.15, 0.2) is 6.61 Å². The van der Waals surface area contributed by atoms with Crippen molar-refractivity contribution in [2.24, 2.45) is 0 Å². The number of hydrogen-bond acceptors (Lipinski definition) is 4. The molecule has 0 radical (unpaired) electrons. The molecule has 0 aliphatic carbocycles. The van der Waals surface area contributed by atoms with Crippen LogP contribution in [0.4, 0.5) is 18.9 Å². The number of anilines is 1. The zero-order chi connectivity index (χ0) is 22.8. The Kier molecular flexibility index (Phi) is 6.54. The Labute approximate surface area is 180 Å². The highest BCUT2D eigenvalue weighted by Gasteiger charge is 2.34. The number of carbonyl (C=O) groups is 3. The standard InChI is InChI=1S/C21H18ClF3N2O4/c1-12(28)27-10-14-5-3-2-4-13(14)8-18(27)20(30)31-11-19(29)26-17-9-15(21(23,24)25)6-7-16(17)22/h2-7,9,18H,8,10-11H2,1H3,(H,26,29). The fraction of sp³-hybridized carbons (Fsp3) is 0.286. The molecule has 0 saturated carbocycles. The molecule has 0 saturated heterocycles. The summed E-state index contributed by atoms with van der Waals surface area (Å²) in [4.78, 5) is 38.0. The smallest absolute Gasteiger partial charge is 0.416 e. The molecule has 1 aliphatic rings. The van der Waals surface area contributed by atoms with Crippen molar-refractivity contribution in [3.05, 3.63) is 64.2 Å². The molecule has 6 nitrogen and oxygen atoms in total. The fourth-order valence-corrected chi connectivity index (χ4v) is 3.45. The summed E-state index contributed by atoms with van der Waals surface area (Å²) in [7, 11) is 0. The van der Waals surface area contributed by atoms with Crippen molar-refractivity contribution in [3.63, 3.8) is 0 Å². The monoisotopic (exact) mass is 454 g/mol. The average Bonchev–Trinajstić information content (AvgIpc) is 2.71. The summed E-state index contributed by atoms with van der Waals surface area (Å²) in [5, 5.41) is 2.10. The first-order chi connectivity index (χ1) is 14.6. The molecule has 0 bridgehead atoms. The third-order valence-electron chi connectivity index (χ3n) is 4.84. The Morgan fingerprint density at radius 2 is 1.84 bits per heavy atom. The van der Waals surface area contributed by atoms with Gasteiger partial charge in [0.05, 0.1) is 16.3 Å². The van der Waals surface area contributed by atoms with Gasteiger partial charge in [0.2, 0.25) is 5.91 Å². The lowest BCUT2D eigenvalue weighted by molar-refractivity contribution is -0.157. The Morgan fingerprint density at radius 1 is 1.16 bits per heavy atom. The van der Waals surface area contributed by atoms with Gasteiger partial charge >= 0.3 is 12.1 Å². The second-order valence-electron chi connectivity index (χ2n) is 6.98. The van der Waals surface area contributed by atoms with Gasteiger partial charge in [0, 0.05) is 19.9 Å². The van der Waals surface area contributed by atoms with Crippen molar-refractivity contribution in [1.29, 1.82) is 0 Å². The van der Waals surface area contributed by atoms with Crippen LogP contribution in [-0.2, 0) is 38.3 Å². The molecule has 31 heavy (non-hydrogen) atoms. The number of hydrogen-bond donors (Lipinski definition) is 1. The van der Waals surface area contributed by atoms with E-state index in [9.17, 15) is 27.6 Å². The number of esters is 1. The second-order valence-corrected chi connectivity index (χ2v) is 7.39. The maximum Gasteiger partial charge on any atom is 0.416 e. The number of halogens is 4. The van der Waals surface area contributed by atoms with E-state index < -0.39 is 36.3 Å². The zero-order valence-corrected chi connectivity index (χ0v) is 17.1. The van der Waals surface area contributed by atoms with Crippen LogP contribution < -0.4 is 5.32 Å². The molecule has 0 aromatic heterocycles. The number of carbonyl (C=O) groups excluding carboxylic acids is 3. The van der Waals surface area contributed by atoms with Crippen LogP contribution in [0.25, 0.3) is 0 Å². The van der Waals surface area contributed by atoms with Crippen molar-refractivity contribution in [1.82, 2.24) is 4.90 Å². The number of amides is 2. The Hall–Kier alpha value is -3.07. The maximum atomic E-state index is 12.8. The van der Waals surface area contributed by atoms with E-state index in [1.807, 2.05) is 24.3 Å². The lowest BCUT2D eigenvalue weighted by atomic mass is 9.94. The maximum absolute atomic E-state index is 12.8. The van der Waals surface area contributed by atoms with E-state index in [0.717, 1.165) is 23.3 Å². The summed E-state index contributed by atoms with van der Waals surface area (Å²) in [6, 6.07) is 8.94. The van der Waals surface area contributed by atoms with Crippen molar-refractivity contribution in [3.8, 4) is 0 Å². The number of alkyl halides is 3. The fourth-order valence-electron chi connectivity index (χ4n) is 3.28. The molecule has 2 aromatic carbocycles. The van der Waals surface area contributed by atoms with Crippen LogP contribution in [0.5, 0.6) is 0 Å². The average molecular weight is 455 g/mol.